The Hall–Kier alpha value is -0.860. The molecule has 0 aromatic heterocycles. The SMILES string of the molecule is CCNC(=NCC1CCC(c2ccccc2)CC1)NC1CCN(CCOC)CC1.I. The van der Waals surface area contributed by atoms with Crippen LogP contribution in [0.3, 0.4) is 0 Å². The molecule has 1 heterocycles. The molecule has 5 nitrogen and oxygen atoms in total. The van der Waals surface area contributed by atoms with Crippen molar-refractivity contribution >= 4 is 29.9 Å². The van der Waals surface area contributed by atoms with Gasteiger partial charge in [0.15, 0.2) is 5.96 Å². The molecule has 1 aromatic rings. The highest BCUT2D eigenvalue weighted by Crippen LogP contribution is 2.35. The van der Waals surface area contributed by atoms with Gasteiger partial charge in [-0.1, -0.05) is 30.3 Å². The Morgan fingerprint density at radius 1 is 1.07 bits per heavy atom. The molecule has 0 atom stereocenters. The Kier molecular flexibility index (Phi) is 12.1. The molecule has 1 aliphatic carbocycles. The normalized spacial score (nSPS) is 23.6. The van der Waals surface area contributed by atoms with Crippen LogP contribution in [0, 0.1) is 5.92 Å². The quantitative estimate of drug-likeness (QED) is 0.301. The topological polar surface area (TPSA) is 48.9 Å². The van der Waals surface area contributed by atoms with Gasteiger partial charge in [-0.3, -0.25) is 4.99 Å². The lowest BCUT2D eigenvalue weighted by Gasteiger charge is -2.33. The minimum Gasteiger partial charge on any atom is -0.383 e. The van der Waals surface area contributed by atoms with E-state index in [2.05, 4.69) is 52.8 Å². The molecule has 0 radical (unpaired) electrons. The zero-order valence-corrected chi connectivity index (χ0v) is 21.1. The lowest BCUT2D eigenvalue weighted by molar-refractivity contribution is 0.128. The highest BCUT2D eigenvalue weighted by Gasteiger charge is 2.23. The Labute approximate surface area is 200 Å². The van der Waals surface area contributed by atoms with Gasteiger partial charge >= 0.3 is 0 Å². The molecule has 1 saturated heterocycles. The van der Waals surface area contributed by atoms with Crippen LogP contribution < -0.4 is 10.6 Å². The van der Waals surface area contributed by atoms with Crippen LogP contribution in [0.5, 0.6) is 0 Å². The van der Waals surface area contributed by atoms with Crippen molar-refractivity contribution in [1.29, 1.82) is 0 Å². The van der Waals surface area contributed by atoms with Crippen molar-refractivity contribution in [3.05, 3.63) is 35.9 Å². The number of ether oxygens (including phenoxy) is 1. The Balaban J connectivity index is 0.00000320. The molecule has 0 amide bonds. The summed E-state index contributed by atoms with van der Waals surface area (Å²) < 4.78 is 5.20. The van der Waals surface area contributed by atoms with E-state index in [1.807, 2.05) is 0 Å². The van der Waals surface area contributed by atoms with Gasteiger partial charge in [-0.25, -0.2) is 0 Å². The second-order valence-electron chi connectivity index (χ2n) is 8.60. The number of benzene rings is 1. The maximum Gasteiger partial charge on any atom is 0.191 e. The molecule has 0 spiro atoms. The maximum absolute atomic E-state index is 5.20. The molecule has 1 saturated carbocycles. The van der Waals surface area contributed by atoms with Crippen LogP contribution in [0.25, 0.3) is 0 Å². The maximum atomic E-state index is 5.20. The lowest BCUT2D eigenvalue weighted by atomic mass is 9.79. The van der Waals surface area contributed by atoms with E-state index in [-0.39, 0.29) is 24.0 Å². The zero-order valence-electron chi connectivity index (χ0n) is 18.8. The number of methoxy groups -OCH3 is 1. The second kappa shape index (κ2) is 14.2. The third-order valence-electron chi connectivity index (χ3n) is 6.51. The van der Waals surface area contributed by atoms with Crippen LogP contribution in [0.1, 0.15) is 56.9 Å². The summed E-state index contributed by atoms with van der Waals surface area (Å²) in [5, 5.41) is 7.14. The van der Waals surface area contributed by atoms with Crippen LogP contribution in [0.2, 0.25) is 0 Å². The fraction of sp³-hybridized carbons (Fsp3) is 0.708. The summed E-state index contributed by atoms with van der Waals surface area (Å²) in [4.78, 5) is 7.46. The minimum atomic E-state index is 0. The van der Waals surface area contributed by atoms with Crippen molar-refractivity contribution < 1.29 is 4.74 Å². The Morgan fingerprint density at radius 3 is 2.40 bits per heavy atom. The average molecular weight is 529 g/mol. The fourth-order valence-corrected chi connectivity index (χ4v) is 4.66. The number of rotatable bonds is 8. The van der Waals surface area contributed by atoms with Crippen molar-refractivity contribution in [2.24, 2.45) is 10.9 Å². The third-order valence-corrected chi connectivity index (χ3v) is 6.51. The molecule has 0 bridgehead atoms. The first-order valence-corrected chi connectivity index (χ1v) is 11.6. The van der Waals surface area contributed by atoms with Gasteiger partial charge in [0.05, 0.1) is 6.61 Å². The summed E-state index contributed by atoms with van der Waals surface area (Å²) in [7, 11) is 1.78. The fourth-order valence-electron chi connectivity index (χ4n) is 4.66. The number of likely N-dealkylation sites (tertiary alicyclic amines) is 1. The van der Waals surface area contributed by atoms with Crippen LogP contribution in [0.15, 0.2) is 35.3 Å². The van der Waals surface area contributed by atoms with Gasteiger partial charge in [0.1, 0.15) is 0 Å². The van der Waals surface area contributed by atoms with Gasteiger partial charge in [-0.15, -0.1) is 24.0 Å². The van der Waals surface area contributed by atoms with Crippen LogP contribution >= 0.6 is 24.0 Å². The molecular weight excluding hydrogens is 487 g/mol. The minimum absolute atomic E-state index is 0. The molecule has 2 aliphatic rings. The molecule has 1 aromatic carbocycles. The number of hydrogen-bond donors (Lipinski definition) is 2. The van der Waals surface area contributed by atoms with Crippen LogP contribution in [0.4, 0.5) is 0 Å². The van der Waals surface area contributed by atoms with Crippen molar-refractivity contribution in [3.63, 3.8) is 0 Å². The van der Waals surface area contributed by atoms with Crippen molar-refractivity contribution in [2.75, 3.05) is 46.4 Å². The first-order chi connectivity index (χ1) is 14.3. The highest BCUT2D eigenvalue weighted by molar-refractivity contribution is 14.0. The monoisotopic (exact) mass is 528 g/mol. The zero-order chi connectivity index (χ0) is 20.3. The molecule has 170 valence electrons. The van der Waals surface area contributed by atoms with E-state index in [9.17, 15) is 0 Å². The van der Waals surface area contributed by atoms with E-state index >= 15 is 0 Å². The first kappa shape index (κ1) is 25.4. The molecule has 0 unspecified atom stereocenters. The van der Waals surface area contributed by atoms with Gasteiger partial charge < -0.3 is 20.3 Å². The number of aliphatic imine (C=N–C) groups is 1. The number of nitrogens with zero attached hydrogens (tertiary/aromatic N) is 2. The van der Waals surface area contributed by atoms with Crippen LogP contribution in [-0.4, -0.2) is 63.3 Å². The summed E-state index contributed by atoms with van der Waals surface area (Å²) in [6.45, 7) is 8.17. The van der Waals surface area contributed by atoms with Gasteiger partial charge in [0.25, 0.3) is 0 Å². The summed E-state index contributed by atoms with van der Waals surface area (Å²) in [6, 6.07) is 11.6. The molecule has 2 fully saturated rings. The summed E-state index contributed by atoms with van der Waals surface area (Å²) in [5.74, 6) is 2.47. The summed E-state index contributed by atoms with van der Waals surface area (Å²) >= 11 is 0. The number of hydrogen-bond acceptors (Lipinski definition) is 3. The summed E-state index contributed by atoms with van der Waals surface area (Å²) in [6.07, 6.45) is 7.54. The Bertz CT molecular complexity index is 596. The molecule has 2 N–H and O–H groups in total. The Morgan fingerprint density at radius 2 is 1.77 bits per heavy atom. The summed E-state index contributed by atoms with van der Waals surface area (Å²) in [5.41, 5.74) is 1.52. The van der Waals surface area contributed by atoms with E-state index in [0.717, 1.165) is 57.1 Å². The number of guanidine groups is 1. The third kappa shape index (κ3) is 8.35. The largest absolute Gasteiger partial charge is 0.383 e. The van der Waals surface area contributed by atoms with Crippen LogP contribution in [-0.2, 0) is 4.74 Å². The van der Waals surface area contributed by atoms with E-state index in [1.54, 1.807) is 7.11 Å². The predicted octanol–water partition coefficient (Wildman–Crippen LogP) is 4.24. The van der Waals surface area contributed by atoms with E-state index in [4.69, 9.17) is 9.73 Å². The van der Waals surface area contributed by atoms with E-state index in [0.29, 0.717) is 6.04 Å². The second-order valence-corrected chi connectivity index (χ2v) is 8.60. The molecule has 30 heavy (non-hydrogen) atoms. The van der Waals surface area contributed by atoms with Gasteiger partial charge in [0, 0.05) is 45.9 Å². The van der Waals surface area contributed by atoms with Crippen molar-refractivity contribution in [1.82, 2.24) is 15.5 Å². The van der Waals surface area contributed by atoms with Crippen molar-refractivity contribution in [3.8, 4) is 0 Å². The van der Waals surface area contributed by atoms with Gasteiger partial charge in [-0.2, -0.15) is 0 Å². The number of nitrogens with one attached hydrogen (secondary N) is 2. The first-order valence-electron chi connectivity index (χ1n) is 11.6. The van der Waals surface area contributed by atoms with E-state index in [1.165, 1.54) is 44.1 Å². The highest BCUT2D eigenvalue weighted by atomic mass is 127. The smallest absolute Gasteiger partial charge is 0.191 e. The number of halogens is 1. The van der Waals surface area contributed by atoms with Gasteiger partial charge in [-0.05, 0) is 62.8 Å². The number of piperidine rings is 1. The van der Waals surface area contributed by atoms with E-state index < -0.39 is 0 Å². The predicted molar refractivity (Wildman–Crippen MR) is 137 cm³/mol. The van der Waals surface area contributed by atoms with Gasteiger partial charge in [0.2, 0.25) is 0 Å². The molecule has 1 aliphatic heterocycles. The molecular formula is C24H41IN4O. The standard InChI is InChI=1S/C24H40N4O.HI/c1-3-25-24(27-23-13-15-28(16-14-23)17-18-29-2)26-19-20-9-11-22(12-10-20)21-7-5-4-6-8-21;/h4-8,20,22-23H,3,9-19H2,1-2H3,(H2,25,26,27);1H. The lowest BCUT2D eigenvalue weighted by Crippen LogP contribution is -2.49. The van der Waals surface area contributed by atoms with Crippen molar-refractivity contribution in [2.45, 2.75) is 57.4 Å². The average Bonchev–Trinajstić information content (AvgIpc) is 2.78. The molecule has 3 rings (SSSR count). The molecule has 6 heteroatoms.